The number of anilines is 2. The second-order valence-electron chi connectivity index (χ2n) is 2.73. The van der Waals surface area contributed by atoms with Crippen LogP contribution < -0.4 is 16.0 Å². The van der Waals surface area contributed by atoms with Crippen molar-refractivity contribution in [1.82, 2.24) is 15.5 Å². The second-order valence-corrected chi connectivity index (χ2v) is 2.73. The third-order valence-electron chi connectivity index (χ3n) is 1.51. The van der Waals surface area contributed by atoms with Gasteiger partial charge in [-0.1, -0.05) is 10.2 Å². The lowest BCUT2D eigenvalue weighted by molar-refractivity contribution is -0.119. The molecule has 14 heavy (non-hydrogen) atoms. The Kier molecular flexibility index (Phi) is 3.27. The van der Waals surface area contributed by atoms with E-state index in [1.54, 1.807) is 7.05 Å². The molecular formula is C7H13N5O2. The molecule has 0 aliphatic carbocycles. The minimum absolute atomic E-state index is 0.0113. The Hall–Kier alpha value is -1.79. The molecule has 0 aliphatic heterocycles. The number of likely N-dealkylation sites (N-methyl/N-ethyl adjacent to an activating group) is 2. The fourth-order valence-electron chi connectivity index (χ4n) is 0.917. The molecule has 0 unspecified atom stereocenters. The van der Waals surface area contributed by atoms with Crippen molar-refractivity contribution >= 4 is 17.9 Å². The summed E-state index contributed by atoms with van der Waals surface area (Å²) in [4.78, 5) is 12.7. The van der Waals surface area contributed by atoms with Crippen LogP contribution in [0, 0.1) is 0 Å². The topological polar surface area (TPSA) is 97.3 Å². The van der Waals surface area contributed by atoms with Crippen molar-refractivity contribution in [2.45, 2.75) is 6.92 Å². The Morgan fingerprint density at radius 2 is 2.36 bits per heavy atom. The van der Waals surface area contributed by atoms with Gasteiger partial charge in [0.25, 0.3) is 0 Å². The van der Waals surface area contributed by atoms with Crippen molar-refractivity contribution in [2.24, 2.45) is 0 Å². The van der Waals surface area contributed by atoms with Crippen molar-refractivity contribution in [3.05, 3.63) is 0 Å². The van der Waals surface area contributed by atoms with Gasteiger partial charge >= 0.3 is 12.0 Å². The predicted octanol–water partition coefficient (Wildman–Crippen LogP) is -0.776. The standard InChI is InChI=1S/C7H13N5O2/c1-3-9-5(13)4-12(2)7-11-10-6(8)14-7/h3-4H2,1-2H3,(H2,8,10)(H,9,13). The van der Waals surface area contributed by atoms with Crippen LogP contribution in [-0.2, 0) is 4.79 Å². The Balaban J connectivity index is 2.50. The van der Waals surface area contributed by atoms with Crippen LogP contribution in [0.2, 0.25) is 0 Å². The van der Waals surface area contributed by atoms with E-state index in [0.29, 0.717) is 6.54 Å². The summed E-state index contributed by atoms with van der Waals surface area (Å²) in [6, 6.07) is 0.219. The summed E-state index contributed by atoms with van der Waals surface area (Å²) < 4.78 is 4.93. The van der Waals surface area contributed by atoms with Gasteiger partial charge in [0.15, 0.2) is 0 Å². The zero-order valence-corrected chi connectivity index (χ0v) is 8.15. The number of nitrogen functional groups attached to an aromatic ring is 1. The number of aromatic nitrogens is 2. The van der Waals surface area contributed by atoms with Crippen LogP contribution in [0.5, 0.6) is 0 Å². The molecule has 78 valence electrons. The quantitative estimate of drug-likeness (QED) is 0.660. The average Bonchev–Trinajstić information content (AvgIpc) is 2.52. The normalized spacial score (nSPS) is 9.86. The van der Waals surface area contributed by atoms with Gasteiger partial charge in [0.05, 0.1) is 0 Å². The third kappa shape index (κ3) is 2.61. The Morgan fingerprint density at radius 1 is 1.64 bits per heavy atom. The average molecular weight is 199 g/mol. The molecular weight excluding hydrogens is 186 g/mol. The smallest absolute Gasteiger partial charge is 0.319 e. The molecule has 0 saturated carbocycles. The minimum Gasteiger partial charge on any atom is -0.390 e. The summed E-state index contributed by atoms with van der Waals surface area (Å²) in [5, 5.41) is 9.76. The van der Waals surface area contributed by atoms with E-state index >= 15 is 0 Å². The molecule has 1 aromatic rings. The third-order valence-corrected chi connectivity index (χ3v) is 1.51. The fraction of sp³-hybridized carbons (Fsp3) is 0.571. The maximum atomic E-state index is 11.2. The van der Waals surface area contributed by atoms with Crippen molar-refractivity contribution < 1.29 is 9.21 Å². The highest BCUT2D eigenvalue weighted by Gasteiger charge is 2.11. The lowest BCUT2D eigenvalue weighted by Gasteiger charge is -2.12. The predicted molar refractivity (Wildman–Crippen MR) is 50.7 cm³/mol. The van der Waals surface area contributed by atoms with Gasteiger partial charge in [-0.05, 0) is 6.92 Å². The van der Waals surface area contributed by atoms with Crippen LogP contribution in [0.25, 0.3) is 0 Å². The van der Waals surface area contributed by atoms with Crippen LogP contribution in [0.1, 0.15) is 6.92 Å². The number of nitrogens with two attached hydrogens (primary N) is 1. The highest BCUT2D eigenvalue weighted by atomic mass is 16.4. The molecule has 0 saturated heterocycles. The van der Waals surface area contributed by atoms with Gasteiger partial charge in [0.1, 0.15) is 6.54 Å². The van der Waals surface area contributed by atoms with Gasteiger partial charge in [0.2, 0.25) is 5.91 Å². The van der Waals surface area contributed by atoms with Gasteiger partial charge in [-0.2, -0.15) is 0 Å². The zero-order valence-electron chi connectivity index (χ0n) is 8.15. The summed E-state index contributed by atoms with van der Waals surface area (Å²) in [5.41, 5.74) is 5.24. The van der Waals surface area contributed by atoms with E-state index in [0.717, 1.165) is 0 Å². The zero-order chi connectivity index (χ0) is 10.6. The van der Waals surface area contributed by atoms with Crippen LogP contribution >= 0.6 is 0 Å². The lowest BCUT2D eigenvalue weighted by atomic mass is 10.5. The molecule has 0 spiro atoms. The molecule has 0 aromatic carbocycles. The Morgan fingerprint density at radius 3 is 2.86 bits per heavy atom. The number of nitrogens with one attached hydrogen (secondary N) is 1. The van der Waals surface area contributed by atoms with E-state index in [-0.39, 0.29) is 24.5 Å². The van der Waals surface area contributed by atoms with Gasteiger partial charge in [-0.25, -0.2) is 0 Å². The number of hydrogen-bond donors (Lipinski definition) is 2. The van der Waals surface area contributed by atoms with Crippen molar-refractivity contribution in [3.8, 4) is 0 Å². The second kappa shape index (κ2) is 4.45. The minimum atomic E-state index is -0.105. The van der Waals surface area contributed by atoms with Crippen LogP contribution in [0.3, 0.4) is 0 Å². The number of carbonyl (C=O) groups excluding carboxylic acids is 1. The van der Waals surface area contributed by atoms with E-state index in [9.17, 15) is 4.79 Å². The highest BCUT2D eigenvalue weighted by molar-refractivity contribution is 5.80. The SMILES string of the molecule is CCNC(=O)CN(C)c1nnc(N)o1. The van der Waals surface area contributed by atoms with Crippen LogP contribution in [0.15, 0.2) is 4.42 Å². The summed E-state index contributed by atoms with van der Waals surface area (Å²) in [6.45, 7) is 2.61. The Labute approximate surface area is 81.3 Å². The molecule has 0 radical (unpaired) electrons. The van der Waals surface area contributed by atoms with E-state index in [1.165, 1.54) is 4.90 Å². The molecule has 7 nitrogen and oxygen atoms in total. The Bertz CT molecular complexity index is 311. The van der Waals surface area contributed by atoms with E-state index < -0.39 is 0 Å². The number of nitrogens with zero attached hydrogens (tertiary/aromatic N) is 3. The van der Waals surface area contributed by atoms with Crippen LogP contribution in [0.4, 0.5) is 12.0 Å². The van der Waals surface area contributed by atoms with E-state index in [1.807, 2.05) is 6.92 Å². The fourth-order valence-corrected chi connectivity index (χ4v) is 0.917. The number of hydrogen-bond acceptors (Lipinski definition) is 6. The lowest BCUT2D eigenvalue weighted by Crippen LogP contribution is -2.35. The molecule has 1 rings (SSSR count). The van der Waals surface area contributed by atoms with E-state index in [4.69, 9.17) is 10.2 Å². The molecule has 0 bridgehead atoms. The van der Waals surface area contributed by atoms with E-state index in [2.05, 4.69) is 15.5 Å². The largest absolute Gasteiger partial charge is 0.390 e. The first kappa shape index (κ1) is 10.3. The van der Waals surface area contributed by atoms with Crippen molar-refractivity contribution in [1.29, 1.82) is 0 Å². The van der Waals surface area contributed by atoms with Crippen molar-refractivity contribution in [3.63, 3.8) is 0 Å². The maximum Gasteiger partial charge on any atom is 0.319 e. The van der Waals surface area contributed by atoms with Crippen molar-refractivity contribution in [2.75, 3.05) is 30.8 Å². The molecule has 0 fully saturated rings. The molecule has 1 heterocycles. The van der Waals surface area contributed by atoms with Crippen LogP contribution in [-0.4, -0.2) is 36.2 Å². The number of rotatable bonds is 4. The maximum absolute atomic E-state index is 11.2. The summed E-state index contributed by atoms with van der Waals surface area (Å²) in [5.74, 6) is -0.105. The molecule has 1 aromatic heterocycles. The molecule has 1 amide bonds. The number of carbonyl (C=O) groups is 1. The summed E-state index contributed by atoms with van der Waals surface area (Å²) in [6.07, 6.45) is 0. The van der Waals surface area contributed by atoms with Gasteiger partial charge < -0.3 is 20.4 Å². The van der Waals surface area contributed by atoms with Gasteiger partial charge in [0, 0.05) is 13.6 Å². The van der Waals surface area contributed by atoms with Gasteiger partial charge in [-0.15, -0.1) is 0 Å². The molecule has 7 heteroatoms. The first-order chi connectivity index (χ1) is 6.63. The molecule has 0 atom stereocenters. The monoisotopic (exact) mass is 199 g/mol. The first-order valence-electron chi connectivity index (χ1n) is 4.20. The molecule has 3 N–H and O–H groups in total. The summed E-state index contributed by atoms with van der Waals surface area (Å²) in [7, 11) is 1.67. The summed E-state index contributed by atoms with van der Waals surface area (Å²) >= 11 is 0. The first-order valence-corrected chi connectivity index (χ1v) is 4.20. The highest BCUT2D eigenvalue weighted by Crippen LogP contribution is 2.10. The number of amides is 1. The van der Waals surface area contributed by atoms with Gasteiger partial charge in [-0.3, -0.25) is 4.79 Å². The molecule has 0 aliphatic rings.